The Morgan fingerprint density at radius 1 is 0.919 bits per heavy atom. The Morgan fingerprint density at radius 2 is 1.59 bits per heavy atom. The number of halogens is 2. The van der Waals surface area contributed by atoms with E-state index in [2.05, 4.69) is 15.7 Å². The second kappa shape index (κ2) is 11.7. The van der Waals surface area contributed by atoms with Gasteiger partial charge < -0.3 is 15.7 Å². The fourth-order valence-corrected chi connectivity index (χ4v) is 4.25. The average molecular weight is 537 g/mol. The zero-order valence-electron chi connectivity index (χ0n) is 19.4. The standard InChI is InChI=1S/C27H22Cl2N4O4/c28-18-11-12-20(21(29)13-18)22(15-26(35)36)31-27(37)23-14-25(33(32-23)19-9-5-2-6-10-19)30-16-24(34)17-7-3-1-4-8-17/h1-14,22,30H,15-16H2,(H,31,37)(H,35,36)/t22-/m0/s1. The Labute approximate surface area is 222 Å². The van der Waals surface area contributed by atoms with Gasteiger partial charge in [0.25, 0.3) is 5.91 Å². The Balaban J connectivity index is 1.61. The number of amides is 1. The van der Waals surface area contributed by atoms with Gasteiger partial charge in [-0.1, -0.05) is 77.8 Å². The molecule has 0 radical (unpaired) electrons. The number of nitrogens with one attached hydrogen (secondary N) is 2. The summed E-state index contributed by atoms with van der Waals surface area (Å²) < 4.78 is 1.51. The Kier molecular flexibility index (Phi) is 8.22. The minimum Gasteiger partial charge on any atom is -0.481 e. The van der Waals surface area contributed by atoms with Crippen LogP contribution in [0.5, 0.6) is 0 Å². The summed E-state index contributed by atoms with van der Waals surface area (Å²) in [6.07, 6.45) is -0.400. The van der Waals surface area contributed by atoms with Crippen molar-refractivity contribution in [2.24, 2.45) is 0 Å². The van der Waals surface area contributed by atoms with Crippen molar-refractivity contribution >= 4 is 46.7 Å². The molecule has 3 N–H and O–H groups in total. The lowest BCUT2D eigenvalue weighted by Crippen LogP contribution is -2.30. The van der Waals surface area contributed by atoms with Crippen LogP contribution >= 0.6 is 23.2 Å². The molecule has 0 saturated heterocycles. The topological polar surface area (TPSA) is 113 Å². The summed E-state index contributed by atoms with van der Waals surface area (Å²) >= 11 is 12.2. The molecule has 10 heteroatoms. The highest BCUT2D eigenvalue weighted by atomic mass is 35.5. The summed E-state index contributed by atoms with van der Waals surface area (Å²) in [7, 11) is 0. The number of anilines is 1. The normalized spacial score (nSPS) is 11.5. The summed E-state index contributed by atoms with van der Waals surface area (Å²) in [5, 5.41) is 20.2. The molecule has 0 spiro atoms. The fourth-order valence-electron chi connectivity index (χ4n) is 3.71. The van der Waals surface area contributed by atoms with E-state index in [9.17, 15) is 19.5 Å². The number of carbonyl (C=O) groups is 3. The first-order valence-electron chi connectivity index (χ1n) is 11.3. The Morgan fingerprint density at radius 3 is 2.24 bits per heavy atom. The molecule has 37 heavy (non-hydrogen) atoms. The first-order chi connectivity index (χ1) is 17.8. The molecule has 0 bridgehead atoms. The average Bonchev–Trinajstić information content (AvgIpc) is 3.32. The number of nitrogens with zero attached hydrogens (tertiary/aromatic N) is 2. The number of aliphatic carboxylic acids is 1. The third-order valence-corrected chi connectivity index (χ3v) is 6.05. The maximum absolute atomic E-state index is 13.2. The summed E-state index contributed by atoms with van der Waals surface area (Å²) in [6.45, 7) is -0.0222. The highest BCUT2D eigenvalue weighted by Crippen LogP contribution is 2.29. The molecule has 4 aromatic rings. The van der Waals surface area contributed by atoms with Crippen LogP contribution in [0.25, 0.3) is 5.69 Å². The Hall–Kier alpha value is -4.14. The summed E-state index contributed by atoms with van der Waals surface area (Å²) in [5.41, 5.74) is 1.66. The van der Waals surface area contributed by atoms with Crippen molar-refractivity contribution in [2.45, 2.75) is 12.5 Å². The quantitative estimate of drug-likeness (QED) is 0.233. The van der Waals surface area contributed by atoms with Crippen LogP contribution < -0.4 is 10.6 Å². The van der Waals surface area contributed by atoms with Crippen LogP contribution in [-0.4, -0.2) is 39.1 Å². The Bertz CT molecular complexity index is 1430. The highest BCUT2D eigenvalue weighted by molar-refractivity contribution is 6.35. The van der Waals surface area contributed by atoms with Gasteiger partial charge in [-0.3, -0.25) is 14.4 Å². The lowest BCUT2D eigenvalue weighted by molar-refractivity contribution is -0.137. The number of para-hydroxylation sites is 1. The van der Waals surface area contributed by atoms with Crippen LogP contribution in [0.4, 0.5) is 5.82 Å². The number of hydrogen-bond acceptors (Lipinski definition) is 5. The first-order valence-corrected chi connectivity index (χ1v) is 12.0. The molecule has 1 heterocycles. The van der Waals surface area contributed by atoms with E-state index < -0.39 is 24.3 Å². The van der Waals surface area contributed by atoms with Crippen LogP contribution in [0.15, 0.2) is 84.9 Å². The molecule has 188 valence electrons. The number of hydrogen-bond donors (Lipinski definition) is 3. The minimum atomic E-state index is -1.12. The third-order valence-electron chi connectivity index (χ3n) is 5.49. The molecule has 3 aromatic carbocycles. The zero-order chi connectivity index (χ0) is 26.4. The van der Waals surface area contributed by atoms with E-state index in [0.29, 0.717) is 27.7 Å². The predicted octanol–water partition coefficient (Wildman–Crippen LogP) is 5.42. The van der Waals surface area contributed by atoms with Crippen molar-refractivity contribution < 1.29 is 19.5 Å². The number of Topliss-reactive ketones (excluding diaryl/α,β-unsaturated/α-hetero) is 1. The van der Waals surface area contributed by atoms with Gasteiger partial charge in [-0.15, -0.1) is 0 Å². The number of carbonyl (C=O) groups excluding carboxylic acids is 2. The van der Waals surface area contributed by atoms with E-state index in [1.807, 2.05) is 24.3 Å². The summed E-state index contributed by atoms with van der Waals surface area (Å²) in [5.74, 6) is -1.44. The van der Waals surface area contributed by atoms with Gasteiger partial charge in [-0.2, -0.15) is 5.10 Å². The number of benzene rings is 3. The van der Waals surface area contributed by atoms with Gasteiger partial charge in [-0.25, -0.2) is 4.68 Å². The molecule has 0 aliphatic rings. The van der Waals surface area contributed by atoms with Crippen molar-refractivity contribution in [3.63, 3.8) is 0 Å². The van der Waals surface area contributed by atoms with Crippen LogP contribution in [0.2, 0.25) is 10.0 Å². The lowest BCUT2D eigenvalue weighted by atomic mass is 10.0. The number of aromatic nitrogens is 2. The second-order valence-electron chi connectivity index (χ2n) is 8.09. The number of ketones is 1. The molecule has 0 aliphatic carbocycles. The maximum Gasteiger partial charge on any atom is 0.305 e. The SMILES string of the molecule is O=C(O)C[C@H](NC(=O)c1cc(NCC(=O)c2ccccc2)n(-c2ccccc2)n1)c1ccc(Cl)cc1Cl. The molecule has 1 aromatic heterocycles. The van der Waals surface area contributed by atoms with Crippen molar-refractivity contribution in [2.75, 3.05) is 11.9 Å². The summed E-state index contributed by atoms with van der Waals surface area (Å²) in [6, 6.07) is 23.1. The van der Waals surface area contributed by atoms with Gasteiger partial charge >= 0.3 is 5.97 Å². The van der Waals surface area contributed by atoms with E-state index in [1.165, 1.54) is 16.8 Å². The number of rotatable bonds is 10. The minimum absolute atomic E-state index is 0.0222. The van der Waals surface area contributed by atoms with E-state index in [4.69, 9.17) is 23.2 Å². The van der Waals surface area contributed by atoms with Gasteiger partial charge in [0, 0.05) is 21.7 Å². The van der Waals surface area contributed by atoms with E-state index in [-0.39, 0.29) is 23.0 Å². The molecule has 4 rings (SSSR count). The molecule has 1 atom stereocenters. The lowest BCUT2D eigenvalue weighted by Gasteiger charge is -2.18. The van der Waals surface area contributed by atoms with Crippen molar-refractivity contribution in [3.8, 4) is 5.69 Å². The molecule has 1 amide bonds. The number of carboxylic acid groups (broad SMARTS) is 1. The fraction of sp³-hybridized carbons (Fsp3) is 0.111. The first kappa shape index (κ1) is 25.9. The van der Waals surface area contributed by atoms with Crippen molar-refractivity contribution in [3.05, 3.63) is 112 Å². The zero-order valence-corrected chi connectivity index (χ0v) is 20.9. The number of carboxylic acids is 1. The molecule has 0 aliphatic heterocycles. The van der Waals surface area contributed by atoms with Crippen LogP contribution in [0.1, 0.15) is 38.9 Å². The van der Waals surface area contributed by atoms with Crippen molar-refractivity contribution in [1.29, 1.82) is 0 Å². The van der Waals surface area contributed by atoms with Gasteiger partial charge in [0.05, 0.1) is 24.7 Å². The van der Waals surface area contributed by atoms with Crippen LogP contribution in [-0.2, 0) is 4.79 Å². The van der Waals surface area contributed by atoms with Crippen LogP contribution in [0, 0.1) is 0 Å². The highest BCUT2D eigenvalue weighted by Gasteiger charge is 2.24. The second-order valence-corrected chi connectivity index (χ2v) is 8.94. The van der Waals surface area contributed by atoms with Crippen LogP contribution in [0.3, 0.4) is 0 Å². The largest absolute Gasteiger partial charge is 0.481 e. The smallest absolute Gasteiger partial charge is 0.305 e. The third kappa shape index (κ3) is 6.55. The van der Waals surface area contributed by atoms with Gasteiger partial charge in [0.2, 0.25) is 0 Å². The maximum atomic E-state index is 13.2. The predicted molar refractivity (Wildman–Crippen MR) is 142 cm³/mol. The molecule has 0 saturated carbocycles. The van der Waals surface area contributed by atoms with Gasteiger partial charge in [-0.05, 0) is 29.8 Å². The van der Waals surface area contributed by atoms with E-state index in [0.717, 1.165) is 0 Å². The molecular weight excluding hydrogens is 515 g/mol. The van der Waals surface area contributed by atoms with Crippen molar-refractivity contribution in [1.82, 2.24) is 15.1 Å². The van der Waals surface area contributed by atoms with Gasteiger partial charge in [0.15, 0.2) is 11.5 Å². The van der Waals surface area contributed by atoms with E-state index >= 15 is 0 Å². The molecule has 0 unspecified atom stereocenters. The monoisotopic (exact) mass is 536 g/mol. The molecule has 8 nitrogen and oxygen atoms in total. The molecule has 0 fully saturated rings. The molecular formula is C27H22Cl2N4O4. The van der Waals surface area contributed by atoms with Gasteiger partial charge in [0.1, 0.15) is 5.82 Å². The summed E-state index contributed by atoms with van der Waals surface area (Å²) in [4.78, 5) is 37.3. The van der Waals surface area contributed by atoms with E-state index in [1.54, 1.807) is 48.5 Å².